The number of nitrogens with zero attached hydrogens (tertiary/aromatic N) is 2. The fourth-order valence-electron chi connectivity index (χ4n) is 4.35. The molecule has 0 saturated carbocycles. The second-order valence-corrected chi connectivity index (χ2v) is 10.1. The van der Waals surface area contributed by atoms with E-state index in [1.54, 1.807) is 12.1 Å². The monoisotopic (exact) mass is 553 g/mol. The molecule has 0 bridgehead atoms. The van der Waals surface area contributed by atoms with Gasteiger partial charge in [0.15, 0.2) is 6.29 Å². The third-order valence-electron chi connectivity index (χ3n) is 6.72. The number of nitrogens with one attached hydrogen (secondary N) is 3. The molecule has 0 aliphatic carbocycles. The van der Waals surface area contributed by atoms with Gasteiger partial charge in [0.1, 0.15) is 23.9 Å². The molecule has 2 amide bonds. The molecule has 0 aromatic heterocycles. The summed E-state index contributed by atoms with van der Waals surface area (Å²) in [7, 11) is 1.85. The summed E-state index contributed by atoms with van der Waals surface area (Å²) in [5, 5.41) is 9.73. The van der Waals surface area contributed by atoms with Gasteiger partial charge in [-0.2, -0.15) is 0 Å². The van der Waals surface area contributed by atoms with Crippen molar-refractivity contribution in [3.8, 4) is 11.5 Å². The predicted molar refractivity (Wildman–Crippen MR) is 154 cm³/mol. The molecule has 9 nitrogen and oxygen atoms in total. The van der Waals surface area contributed by atoms with Crippen LogP contribution in [0.1, 0.15) is 16.7 Å². The van der Waals surface area contributed by atoms with Gasteiger partial charge in [-0.25, -0.2) is 4.79 Å². The molecule has 4 rings (SSSR count). The van der Waals surface area contributed by atoms with E-state index >= 15 is 0 Å². The van der Waals surface area contributed by atoms with E-state index in [-0.39, 0.29) is 6.03 Å². The standard InChI is InChI=1S/C29H36ClN5O4/c1-20-15-26(28(17-25(20)30)38-13-12-35-10-7-31-8-11-35)33-29(37)32-18-22-4-5-27(21(2)14-22)39-24-6-9-34(3)23(16-24)19-36/h4-6,14-17,19,31H,7-13,18H2,1-3H3,(H2,32,33,37). The normalized spacial score (nSPS) is 15.7. The number of hydrogen-bond acceptors (Lipinski definition) is 7. The van der Waals surface area contributed by atoms with Crippen molar-refractivity contribution in [3.05, 3.63) is 75.7 Å². The third kappa shape index (κ3) is 7.98. The fourth-order valence-corrected chi connectivity index (χ4v) is 4.51. The number of carbonyl (C=O) groups excluding carboxylic acids is 2. The molecule has 1 saturated heterocycles. The van der Waals surface area contributed by atoms with E-state index in [4.69, 9.17) is 21.1 Å². The number of urea groups is 1. The molecule has 2 aliphatic heterocycles. The van der Waals surface area contributed by atoms with Gasteiger partial charge in [-0.3, -0.25) is 9.69 Å². The number of hydrogen-bond donors (Lipinski definition) is 3. The van der Waals surface area contributed by atoms with Gasteiger partial charge in [-0.1, -0.05) is 23.7 Å². The van der Waals surface area contributed by atoms with Gasteiger partial charge in [0.2, 0.25) is 0 Å². The maximum absolute atomic E-state index is 12.8. The highest BCUT2D eigenvalue weighted by Gasteiger charge is 2.15. The summed E-state index contributed by atoms with van der Waals surface area (Å²) in [6.07, 6.45) is 4.46. The summed E-state index contributed by atoms with van der Waals surface area (Å²) in [6.45, 7) is 10.0. The molecule has 0 spiro atoms. The average Bonchev–Trinajstić information content (AvgIpc) is 2.93. The lowest BCUT2D eigenvalue weighted by atomic mass is 10.1. The highest BCUT2D eigenvalue weighted by Crippen LogP contribution is 2.31. The summed E-state index contributed by atoms with van der Waals surface area (Å²) in [6, 6.07) is 8.96. The van der Waals surface area contributed by atoms with Crippen LogP contribution in [0.5, 0.6) is 11.5 Å². The summed E-state index contributed by atoms with van der Waals surface area (Å²) in [4.78, 5) is 28.2. The zero-order chi connectivity index (χ0) is 27.8. The maximum atomic E-state index is 12.8. The van der Waals surface area contributed by atoms with Crippen LogP contribution in [0.15, 0.2) is 53.9 Å². The topological polar surface area (TPSA) is 95.2 Å². The first-order chi connectivity index (χ1) is 18.8. The number of carbonyl (C=O) groups is 2. The molecule has 0 radical (unpaired) electrons. The van der Waals surface area contributed by atoms with Gasteiger partial charge in [0.25, 0.3) is 0 Å². The Morgan fingerprint density at radius 1 is 1.13 bits per heavy atom. The zero-order valence-corrected chi connectivity index (χ0v) is 23.4. The van der Waals surface area contributed by atoms with Crippen LogP contribution >= 0.6 is 11.6 Å². The minimum Gasteiger partial charge on any atom is -0.490 e. The lowest BCUT2D eigenvalue weighted by molar-refractivity contribution is -0.106. The van der Waals surface area contributed by atoms with Crippen molar-refractivity contribution in [1.29, 1.82) is 0 Å². The van der Waals surface area contributed by atoms with Crippen molar-refractivity contribution in [2.75, 3.05) is 58.2 Å². The van der Waals surface area contributed by atoms with Crippen LogP contribution in [0.4, 0.5) is 10.5 Å². The molecule has 0 unspecified atom stereocenters. The first kappa shape index (κ1) is 28.5. The molecule has 1 fully saturated rings. The van der Waals surface area contributed by atoms with Crippen molar-refractivity contribution >= 4 is 29.6 Å². The van der Waals surface area contributed by atoms with Crippen LogP contribution in [0.3, 0.4) is 0 Å². The number of halogens is 1. The van der Waals surface area contributed by atoms with Crippen LogP contribution < -0.4 is 25.4 Å². The SMILES string of the molecule is Cc1cc(NC(=O)NCc2ccc(OC3=CCN(C)C(C=O)=C3)c(C)c2)c(OCCN2CCNCC2)cc1Cl. The van der Waals surface area contributed by atoms with E-state index in [9.17, 15) is 9.59 Å². The van der Waals surface area contributed by atoms with E-state index in [1.165, 1.54) is 0 Å². The number of ether oxygens (including phenoxy) is 2. The van der Waals surface area contributed by atoms with Crippen molar-refractivity contribution in [1.82, 2.24) is 20.4 Å². The second kappa shape index (κ2) is 13.5. The fraction of sp³-hybridized carbons (Fsp3) is 0.379. The highest BCUT2D eigenvalue weighted by molar-refractivity contribution is 6.31. The Morgan fingerprint density at radius 2 is 1.92 bits per heavy atom. The Hall–Kier alpha value is -3.53. The summed E-state index contributed by atoms with van der Waals surface area (Å²) >= 11 is 6.34. The van der Waals surface area contributed by atoms with Crippen molar-refractivity contribution in [3.63, 3.8) is 0 Å². The molecule has 0 atom stereocenters. The van der Waals surface area contributed by atoms with Gasteiger partial charge in [0, 0.05) is 70.0 Å². The van der Waals surface area contributed by atoms with Gasteiger partial charge in [-0.15, -0.1) is 0 Å². The number of likely N-dealkylation sites (N-methyl/N-ethyl adjacent to an activating group) is 1. The Bertz CT molecular complexity index is 1260. The Morgan fingerprint density at radius 3 is 2.67 bits per heavy atom. The number of benzene rings is 2. The lowest BCUT2D eigenvalue weighted by Crippen LogP contribution is -2.44. The van der Waals surface area contributed by atoms with Crippen molar-refractivity contribution in [2.45, 2.75) is 20.4 Å². The Balaban J connectivity index is 1.32. The first-order valence-electron chi connectivity index (χ1n) is 13.1. The smallest absolute Gasteiger partial charge is 0.319 e. The third-order valence-corrected chi connectivity index (χ3v) is 7.13. The number of amides is 2. The molecular weight excluding hydrogens is 518 g/mol. The van der Waals surface area contributed by atoms with Gasteiger partial charge in [0.05, 0.1) is 11.4 Å². The number of piperazine rings is 1. The molecule has 208 valence electrons. The number of allylic oxidation sites excluding steroid dienone is 2. The molecule has 2 heterocycles. The average molecular weight is 554 g/mol. The van der Waals surface area contributed by atoms with Crippen molar-refractivity contribution in [2.24, 2.45) is 0 Å². The number of aldehydes is 1. The quantitative estimate of drug-likeness (QED) is 0.385. The summed E-state index contributed by atoms with van der Waals surface area (Å²) in [5.74, 6) is 1.87. The molecule has 2 aliphatic rings. The van der Waals surface area contributed by atoms with Crippen LogP contribution in [0.25, 0.3) is 0 Å². The molecule has 39 heavy (non-hydrogen) atoms. The molecular formula is C29H36ClN5O4. The molecule has 2 aromatic carbocycles. The number of rotatable bonds is 10. The molecule has 2 aromatic rings. The van der Waals surface area contributed by atoms with Gasteiger partial charge >= 0.3 is 6.03 Å². The first-order valence-corrected chi connectivity index (χ1v) is 13.5. The van der Waals surface area contributed by atoms with E-state index < -0.39 is 0 Å². The zero-order valence-electron chi connectivity index (χ0n) is 22.7. The Kier molecular flexibility index (Phi) is 9.86. The van der Waals surface area contributed by atoms with Crippen LogP contribution in [-0.4, -0.2) is 75.0 Å². The van der Waals surface area contributed by atoms with E-state index in [1.807, 2.05) is 56.1 Å². The minimum absolute atomic E-state index is 0.335. The summed E-state index contributed by atoms with van der Waals surface area (Å²) < 4.78 is 12.0. The molecule has 3 N–H and O–H groups in total. The number of aryl methyl sites for hydroxylation is 2. The largest absolute Gasteiger partial charge is 0.490 e. The second-order valence-electron chi connectivity index (χ2n) is 9.72. The van der Waals surface area contributed by atoms with Gasteiger partial charge < -0.3 is 30.3 Å². The van der Waals surface area contributed by atoms with E-state index in [0.717, 1.165) is 55.7 Å². The number of anilines is 1. The van der Waals surface area contributed by atoms with Crippen molar-refractivity contribution < 1.29 is 19.1 Å². The predicted octanol–water partition coefficient (Wildman–Crippen LogP) is 3.85. The van der Waals surface area contributed by atoms with Gasteiger partial charge in [-0.05, 0) is 48.7 Å². The van der Waals surface area contributed by atoms with Crippen LogP contribution in [0, 0.1) is 13.8 Å². The molecule has 10 heteroatoms. The van der Waals surface area contributed by atoms with E-state index in [0.29, 0.717) is 53.4 Å². The lowest BCUT2D eigenvalue weighted by Gasteiger charge is -2.27. The van der Waals surface area contributed by atoms with Crippen LogP contribution in [0.2, 0.25) is 5.02 Å². The summed E-state index contributed by atoms with van der Waals surface area (Å²) in [5.41, 5.74) is 3.84. The Labute approximate surface area is 234 Å². The highest BCUT2D eigenvalue weighted by atomic mass is 35.5. The van der Waals surface area contributed by atoms with E-state index in [2.05, 4.69) is 20.9 Å². The maximum Gasteiger partial charge on any atom is 0.319 e. The minimum atomic E-state index is -0.343. The van der Waals surface area contributed by atoms with Crippen LogP contribution in [-0.2, 0) is 11.3 Å².